The lowest BCUT2D eigenvalue weighted by Gasteiger charge is -2.09. The molecule has 0 fully saturated rings. The molecule has 2 rings (SSSR count). The number of rotatable bonds is 4. The Morgan fingerprint density at radius 3 is 2.78 bits per heavy atom. The zero-order valence-corrected chi connectivity index (χ0v) is 12.5. The summed E-state index contributed by atoms with van der Waals surface area (Å²) >= 11 is 9.14. The fourth-order valence-electron chi connectivity index (χ4n) is 1.67. The van der Waals surface area contributed by atoms with Gasteiger partial charge < -0.3 is 9.73 Å². The van der Waals surface area contributed by atoms with Crippen LogP contribution in [0.5, 0.6) is 0 Å². The van der Waals surface area contributed by atoms with Crippen molar-refractivity contribution in [2.75, 3.05) is 11.2 Å². The summed E-state index contributed by atoms with van der Waals surface area (Å²) in [6.45, 7) is 4.07. The maximum absolute atomic E-state index is 5.62. The van der Waals surface area contributed by atoms with E-state index >= 15 is 0 Å². The molecule has 0 saturated carbocycles. The van der Waals surface area contributed by atoms with Crippen LogP contribution in [0.4, 0.5) is 11.7 Å². The van der Waals surface area contributed by atoms with Crippen LogP contribution in [0.3, 0.4) is 0 Å². The van der Waals surface area contributed by atoms with Crippen molar-refractivity contribution in [2.24, 2.45) is 0 Å². The van der Waals surface area contributed by atoms with Gasteiger partial charge in [0.2, 0.25) is 5.89 Å². The van der Waals surface area contributed by atoms with E-state index in [0.29, 0.717) is 24.2 Å². The van der Waals surface area contributed by atoms with E-state index in [4.69, 9.17) is 16.0 Å². The first-order valence-electron chi connectivity index (χ1n) is 5.52. The van der Waals surface area contributed by atoms with Crippen LogP contribution in [-0.4, -0.2) is 16.1 Å². The van der Waals surface area contributed by atoms with Crippen LogP contribution in [0, 0.1) is 13.8 Å². The molecule has 0 bridgehead atoms. The summed E-state index contributed by atoms with van der Waals surface area (Å²) in [6.07, 6.45) is 0.574. The van der Waals surface area contributed by atoms with Gasteiger partial charge in [-0.3, -0.25) is 0 Å². The number of aromatic nitrogens is 2. The third kappa shape index (κ3) is 3.03. The summed E-state index contributed by atoms with van der Waals surface area (Å²) in [7, 11) is 0. The highest BCUT2D eigenvalue weighted by atomic mass is 79.9. The Morgan fingerprint density at radius 2 is 2.11 bits per heavy atom. The number of nitrogens with one attached hydrogen (secondary N) is 1. The predicted octanol–water partition coefficient (Wildman–Crippen LogP) is 3.97. The van der Waals surface area contributed by atoms with Gasteiger partial charge in [-0.05, 0) is 47.0 Å². The van der Waals surface area contributed by atoms with Gasteiger partial charge >= 0.3 is 6.01 Å². The lowest BCUT2D eigenvalue weighted by molar-refractivity contribution is 0.516. The maximum atomic E-state index is 5.62. The number of benzene rings is 1. The van der Waals surface area contributed by atoms with Gasteiger partial charge in [-0.25, -0.2) is 0 Å². The minimum absolute atomic E-state index is 0.378. The molecule has 1 aromatic carbocycles. The van der Waals surface area contributed by atoms with Gasteiger partial charge in [-0.1, -0.05) is 11.2 Å². The standard InChI is InChI=1S/C12H13BrClN3O/c1-7-5-8(2)11(9(13)6-7)15-12-17-16-10(18-12)3-4-14/h5-6H,3-4H2,1-2H3,(H,15,17). The highest BCUT2D eigenvalue weighted by molar-refractivity contribution is 9.10. The van der Waals surface area contributed by atoms with E-state index in [-0.39, 0.29) is 0 Å². The highest BCUT2D eigenvalue weighted by Crippen LogP contribution is 2.30. The van der Waals surface area contributed by atoms with Gasteiger partial charge in [0.25, 0.3) is 0 Å². The average molecular weight is 331 g/mol. The van der Waals surface area contributed by atoms with E-state index in [9.17, 15) is 0 Å². The minimum Gasteiger partial charge on any atom is -0.408 e. The molecule has 18 heavy (non-hydrogen) atoms. The van der Waals surface area contributed by atoms with E-state index in [1.807, 2.05) is 19.9 Å². The number of hydrogen-bond donors (Lipinski definition) is 1. The van der Waals surface area contributed by atoms with Crippen molar-refractivity contribution in [1.29, 1.82) is 0 Å². The van der Waals surface area contributed by atoms with E-state index in [1.54, 1.807) is 0 Å². The molecule has 1 aromatic heterocycles. The van der Waals surface area contributed by atoms with Crippen LogP contribution in [0.1, 0.15) is 17.0 Å². The monoisotopic (exact) mass is 329 g/mol. The summed E-state index contributed by atoms with van der Waals surface area (Å²) < 4.78 is 6.40. The highest BCUT2D eigenvalue weighted by Gasteiger charge is 2.10. The van der Waals surface area contributed by atoms with Crippen LogP contribution < -0.4 is 5.32 Å². The average Bonchev–Trinajstić information content (AvgIpc) is 2.72. The second-order valence-corrected chi connectivity index (χ2v) is 5.24. The SMILES string of the molecule is Cc1cc(C)c(Nc2nnc(CCCl)o2)c(Br)c1. The van der Waals surface area contributed by atoms with Gasteiger partial charge in [-0.15, -0.1) is 16.7 Å². The summed E-state index contributed by atoms with van der Waals surface area (Å²) in [5.41, 5.74) is 3.24. The molecular weight excluding hydrogens is 318 g/mol. The molecule has 1 N–H and O–H groups in total. The number of halogens is 2. The zero-order valence-electron chi connectivity index (χ0n) is 10.1. The number of nitrogens with zero attached hydrogens (tertiary/aromatic N) is 2. The molecule has 96 valence electrons. The van der Waals surface area contributed by atoms with Crippen LogP contribution >= 0.6 is 27.5 Å². The molecule has 0 aliphatic carbocycles. The first-order valence-corrected chi connectivity index (χ1v) is 6.85. The molecular formula is C12H13BrClN3O. The summed E-state index contributed by atoms with van der Waals surface area (Å²) in [5, 5.41) is 10.9. The number of aryl methyl sites for hydroxylation is 3. The minimum atomic E-state index is 0.378. The Bertz CT molecular complexity index is 533. The summed E-state index contributed by atoms with van der Waals surface area (Å²) in [5.74, 6) is 1.00. The third-order valence-corrected chi connectivity index (χ3v) is 3.25. The first-order chi connectivity index (χ1) is 8.60. The molecule has 1 heterocycles. The Morgan fingerprint density at radius 1 is 1.33 bits per heavy atom. The molecule has 6 heteroatoms. The van der Waals surface area contributed by atoms with E-state index in [2.05, 4.69) is 37.5 Å². The Labute approximate surface area is 119 Å². The van der Waals surface area contributed by atoms with Gasteiger partial charge in [0.15, 0.2) is 0 Å². The molecule has 0 amide bonds. The smallest absolute Gasteiger partial charge is 0.320 e. The van der Waals surface area contributed by atoms with Crippen LogP contribution in [0.15, 0.2) is 21.0 Å². The van der Waals surface area contributed by atoms with Gasteiger partial charge in [0.1, 0.15) is 0 Å². The Hall–Kier alpha value is -1.07. The number of alkyl halides is 1. The lowest BCUT2D eigenvalue weighted by atomic mass is 10.1. The predicted molar refractivity (Wildman–Crippen MR) is 75.6 cm³/mol. The molecule has 0 spiro atoms. The maximum Gasteiger partial charge on any atom is 0.320 e. The third-order valence-electron chi connectivity index (χ3n) is 2.44. The molecule has 0 unspecified atom stereocenters. The van der Waals surface area contributed by atoms with Crippen LogP contribution in [0.2, 0.25) is 0 Å². The van der Waals surface area contributed by atoms with Crippen LogP contribution in [0.25, 0.3) is 0 Å². The summed E-state index contributed by atoms with van der Waals surface area (Å²) in [6, 6.07) is 4.50. The van der Waals surface area contributed by atoms with E-state index < -0.39 is 0 Å². The molecule has 0 atom stereocenters. The molecule has 4 nitrogen and oxygen atoms in total. The molecule has 0 radical (unpaired) electrons. The zero-order chi connectivity index (χ0) is 13.1. The Balaban J connectivity index is 2.22. The van der Waals surface area contributed by atoms with Gasteiger partial charge in [0.05, 0.1) is 5.69 Å². The second kappa shape index (κ2) is 5.71. The van der Waals surface area contributed by atoms with E-state index in [0.717, 1.165) is 15.7 Å². The number of anilines is 2. The van der Waals surface area contributed by atoms with Crippen molar-refractivity contribution >= 4 is 39.2 Å². The first kappa shape index (κ1) is 13.4. The van der Waals surface area contributed by atoms with Crippen molar-refractivity contribution in [1.82, 2.24) is 10.2 Å². The van der Waals surface area contributed by atoms with Gasteiger partial charge in [-0.2, -0.15) is 0 Å². The largest absolute Gasteiger partial charge is 0.408 e. The molecule has 2 aromatic rings. The van der Waals surface area contributed by atoms with Gasteiger partial charge in [0, 0.05) is 16.8 Å². The fourth-order valence-corrected chi connectivity index (χ4v) is 2.60. The van der Waals surface area contributed by atoms with Crippen molar-refractivity contribution in [3.05, 3.63) is 33.6 Å². The van der Waals surface area contributed by atoms with E-state index in [1.165, 1.54) is 5.56 Å². The number of hydrogen-bond acceptors (Lipinski definition) is 4. The normalized spacial score (nSPS) is 10.7. The quantitative estimate of drug-likeness (QED) is 0.862. The summed E-state index contributed by atoms with van der Waals surface area (Å²) in [4.78, 5) is 0. The molecule has 0 aliphatic rings. The Kier molecular flexibility index (Phi) is 4.24. The van der Waals surface area contributed by atoms with Crippen molar-refractivity contribution in [2.45, 2.75) is 20.3 Å². The molecule has 0 aliphatic heterocycles. The van der Waals surface area contributed by atoms with Crippen LogP contribution in [-0.2, 0) is 6.42 Å². The fraction of sp³-hybridized carbons (Fsp3) is 0.333. The topological polar surface area (TPSA) is 51.0 Å². The second-order valence-electron chi connectivity index (χ2n) is 4.00. The van der Waals surface area contributed by atoms with Crippen molar-refractivity contribution in [3.63, 3.8) is 0 Å². The molecule has 0 saturated heterocycles. The van der Waals surface area contributed by atoms with Crippen molar-refractivity contribution in [3.8, 4) is 0 Å². The lowest BCUT2D eigenvalue weighted by Crippen LogP contribution is -1.95. The van der Waals surface area contributed by atoms with Crippen molar-refractivity contribution < 1.29 is 4.42 Å².